The van der Waals surface area contributed by atoms with Gasteiger partial charge < -0.3 is 14.0 Å². The van der Waals surface area contributed by atoms with Crippen molar-refractivity contribution < 1.29 is 18.7 Å². The van der Waals surface area contributed by atoms with Crippen LogP contribution in [0.5, 0.6) is 5.75 Å². The van der Waals surface area contributed by atoms with Gasteiger partial charge in [0.2, 0.25) is 0 Å². The second-order valence-corrected chi connectivity index (χ2v) is 4.63. The van der Waals surface area contributed by atoms with Crippen molar-refractivity contribution in [3.8, 4) is 5.75 Å². The lowest BCUT2D eigenvalue weighted by Crippen LogP contribution is -2.14. The summed E-state index contributed by atoms with van der Waals surface area (Å²) in [4.78, 5) is 12.0. The maximum atomic E-state index is 14.2. The second-order valence-electron chi connectivity index (χ2n) is 4.63. The maximum absolute atomic E-state index is 14.2. The van der Waals surface area contributed by atoms with E-state index in [2.05, 4.69) is 0 Å². The molecule has 0 atom stereocenters. The van der Waals surface area contributed by atoms with Crippen molar-refractivity contribution >= 4 is 5.97 Å². The molecule has 0 amide bonds. The van der Waals surface area contributed by atoms with Crippen molar-refractivity contribution in [2.24, 2.45) is 0 Å². The van der Waals surface area contributed by atoms with Crippen LogP contribution in [-0.2, 0) is 11.3 Å². The molecule has 2 aromatic rings. The van der Waals surface area contributed by atoms with Gasteiger partial charge in [-0.15, -0.1) is 0 Å². The number of hydrogen-bond donors (Lipinski definition) is 0. The third-order valence-corrected chi connectivity index (χ3v) is 3.24. The third-order valence-electron chi connectivity index (χ3n) is 3.24. The van der Waals surface area contributed by atoms with Gasteiger partial charge >= 0.3 is 5.97 Å². The molecule has 1 aromatic carbocycles. The fourth-order valence-electron chi connectivity index (χ4n) is 2.21. The molecule has 0 unspecified atom stereocenters. The number of hydrogen-bond acceptors (Lipinski definition) is 3. The van der Waals surface area contributed by atoms with Crippen molar-refractivity contribution in [2.75, 3.05) is 13.7 Å². The maximum Gasteiger partial charge on any atom is 0.355 e. The van der Waals surface area contributed by atoms with E-state index < -0.39 is 11.8 Å². The van der Waals surface area contributed by atoms with Gasteiger partial charge in [-0.05, 0) is 31.5 Å². The van der Waals surface area contributed by atoms with E-state index >= 15 is 0 Å². The highest BCUT2D eigenvalue weighted by Gasteiger charge is 2.17. The zero-order valence-electron chi connectivity index (χ0n) is 12.4. The number of nitrogens with zero attached hydrogens (tertiary/aromatic N) is 1. The summed E-state index contributed by atoms with van der Waals surface area (Å²) >= 11 is 0. The first kappa shape index (κ1) is 15.1. The van der Waals surface area contributed by atoms with E-state index in [0.717, 1.165) is 5.56 Å². The summed E-state index contributed by atoms with van der Waals surface area (Å²) in [5.74, 6) is -0.626. The Kier molecular flexibility index (Phi) is 4.62. The molecule has 0 bridgehead atoms. The minimum atomic E-state index is -0.416. The summed E-state index contributed by atoms with van der Waals surface area (Å²) in [6, 6.07) is 6.76. The number of benzene rings is 1. The number of aryl methyl sites for hydroxylation is 1. The predicted octanol–water partition coefficient (Wildman–Crippen LogP) is 3.17. The topological polar surface area (TPSA) is 40.5 Å². The molecule has 0 N–H and O–H groups in total. The Balaban J connectivity index is 2.35. The lowest BCUT2D eigenvalue weighted by Gasteiger charge is -2.12. The van der Waals surface area contributed by atoms with E-state index in [4.69, 9.17) is 9.47 Å². The predicted molar refractivity (Wildman–Crippen MR) is 77.2 cm³/mol. The summed E-state index contributed by atoms with van der Waals surface area (Å²) in [5.41, 5.74) is 1.70. The van der Waals surface area contributed by atoms with Crippen LogP contribution < -0.4 is 4.74 Å². The van der Waals surface area contributed by atoms with E-state index in [1.54, 1.807) is 35.9 Å². The fraction of sp³-hybridized carbons (Fsp3) is 0.312. The Morgan fingerprint density at radius 1 is 1.33 bits per heavy atom. The van der Waals surface area contributed by atoms with Crippen LogP contribution in [0, 0.1) is 12.7 Å². The number of rotatable bonds is 5. The van der Waals surface area contributed by atoms with Gasteiger partial charge in [-0.2, -0.15) is 0 Å². The Bertz CT molecular complexity index is 649. The summed E-state index contributed by atoms with van der Waals surface area (Å²) in [5, 5.41) is 0. The minimum Gasteiger partial charge on any atom is -0.494 e. The van der Waals surface area contributed by atoms with E-state index in [-0.39, 0.29) is 12.3 Å². The van der Waals surface area contributed by atoms with Crippen molar-refractivity contribution in [3.63, 3.8) is 0 Å². The second kappa shape index (κ2) is 6.43. The lowest BCUT2D eigenvalue weighted by atomic mass is 10.2. The summed E-state index contributed by atoms with van der Waals surface area (Å²) < 4.78 is 25.9. The molecule has 0 saturated carbocycles. The van der Waals surface area contributed by atoms with Crippen LogP contribution in [-0.4, -0.2) is 24.3 Å². The van der Waals surface area contributed by atoms with Gasteiger partial charge in [0.1, 0.15) is 5.69 Å². The Labute approximate surface area is 123 Å². The van der Waals surface area contributed by atoms with Crippen LogP contribution in [0.3, 0.4) is 0 Å². The molecule has 0 spiro atoms. The first-order chi connectivity index (χ1) is 10.1. The van der Waals surface area contributed by atoms with Crippen LogP contribution in [0.4, 0.5) is 4.39 Å². The molecule has 112 valence electrons. The van der Waals surface area contributed by atoms with Gasteiger partial charge in [-0.25, -0.2) is 9.18 Å². The Morgan fingerprint density at radius 3 is 2.76 bits per heavy atom. The molecule has 4 nitrogen and oxygen atoms in total. The number of aromatic nitrogens is 1. The SMILES string of the molecule is CCOC(=O)c1c(C)ccn1Cc1cccc(OC)c1F. The highest BCUT2D eigenvalue weighted by Crippen LogP contribution is 2.22. The minimum absolute atomic E-state index is 0.189. The van der Waals surface area contributed by atoms with Crippen LogP contribution in [0.2, 0.25) is 0 Å². The van der Waals surface area contributed by atoms with Crippen molar-refractivity contribution in [1.82, 2.24) is 4.57 Å². The fourth-order valence-corrected chi connectivity index (χ4v) is 2.21. The molecule has 0 aliphatic rings. The van der Waals surface area contributed by atoms with Crippen LogP contribution >= 0.6 is 0 Å². The molecule has 0 aliphatic heterocycles. The van der Waals surface area contributed by atoms with Crippen LogP contribution in [0.25, 0.3) is 0 Å². The molecule has 0 fully saturated rings. The molecular formula is C16H18FNO3. The van der Waals surface area contributed by atoms with Crippen molar-refractivity contribution in [2.45, 2.75) is 20.4 Å². The van der Waals surface area contributed by atoms with Crippen molar-refractivity contribution in [3.05, 3.63) is 53.1 Å². The normalized spacial score (nSPS) is 10.5. The van der Waals surface area contributed by atoms with E-state index in [0.29, 0.717) is 17.9 Å². The molecule has 0 aliphatic carbocycles. The standard InChI is InChI=1S/C16H18FNO3/c1-4-21-16(19)15-11(2)8-9-18(15)10-12-6-5-7-13(20-3)14(12)17/h5-9H,4,10H2,1-3H3. The molecule has 21 heavy (non-hydrogen) atoms. The Morgan fingerprint density at radius 2 is 2.10 bits per heavy atom. The largest absolute Gasteiger partial charge is 0.494 e. The highest BCUT2D eigenvalue weighted by molar-refractivity contribution is 5.89. The lowest BCUT2D eigenvalue weighted by molar-refractivity contribution is 0.0513. The van der Waals surface area contributed by atoms with Gasteiger partial charge in [-0.1, -0.05) is 12.1 Å². The average Bonchev–Trinajstić information content (AvgIpc) is 2.82. The zero-order chi connectivity index (χ0) is 15.4. The van der Waals surface area contributed by atoms with Gasteiger partial charge in [0.05, 0.1) is 20.3 Å². The average molecular weight is 291 g/mol. The van der Waals surface area contributed by atoms with Crippen LogP contribution in [0.1, 0.15) is 28.5 Å². The molecule has 1 heterocycles. The molecule has 2 rings (SSSR count). The first-order valence-corrected chi connectivity index (χ1v) is 6.72. The summed E-state index contributed by atoms with van der Waals surface area (Å²) in [6.07, 6.45) is 1.75. The van der Waals surface area contributed by atoms with Gasteiger partial charge in [0.25, 0.3) is 0 Å². The first-order valence-electron chi connectivity index (χ1n) is 6.72. The monoisotopic (exact) mass is 291 g/mol. The van der Waals surface area contributed by atoms with E-state index in [1.165, 1.54) is 7.11 Å². The number of carbonyl (C=O) groups excluding carboxylic acids is 1. The number of esters is 1. The van der Waals surface area contributed by atoms with Crippen molar-refractivity contribution in [1.29, 1.82) is 0 Å². The van der Waals surface area contributed by atoms with E-state index in [1.807, 2.05) is 13.0 Å². The molecule has 0 saturated heterocycles. The highest BCUT2D eigenvalue weighted by atomic mass is 19.1. The smallest absolute Gasteiger partial charge is 0.355 e. The zero-order valence-corrected chi connectivity index (χ0v) is 12.4. The van der Waals surface area contributed by atoms with Gasteiger partial charge in [0, 0.05) is 11.8 Å². The quantitative estimate of drug-likeness (QED) is 0.794. The van der Waals surface area contributed by atoms with E-state index in [9.17, 15) is 9.18 Å². The number of carbonyl (C=O) groups is 1. The van der Waals surface area contributed by atoms with Gasteiger partial charge in [-0.3, -0.25) is 0 Å². The third kappa shape index (κ3) is 3.07. The van der Waals surface area contributed by atoms with Gasteiger partial charge in [0.15, 0.2) is 11.6 Å². The van der Waals surface area contributed by atoms with Crippen LogP contribution in [0.15, 0.2) is 30.5 Å². The summed E-state index contributed by atoms with van der Waals surface area (Å²) in [6.45, 7) is 4.12. The number of halogens is 1. The summed E-state index contributed by atoms with van der Waals surface area (Å²) in [7, 11) is 1.42. The Hall–Kier alpha value is -2.30. The molecule has 0 radical (unpaired) electrons. The molecular weight excluding hydrogens is 273 g/mol. The molecule has 1 aromatic heterocycles. The molecule has 5 heteroatoms. The number of methoxy groups -OCH3 is 1. The number of ether oxygens (including phenoxy) is 2.